The van der Waals surface area contributed by atoms with E-state index in [1.807, 2.05) is 0 Å². The maximum atomic E-state index is 12.4. The molecule has 0 radical (unpaired) electrons. The quantitative estimate of drug-likeness (QED) is 0.669. The Morgan fingerprint density at radius 2 is 2.31 bits per heavy atom. The fourth-order valence-electron chi connectivity index (χ4n) is 1.11. The standard InChI is InChI=1S/C6H6F2N4O/c7-6(8)1-12(2-6)5(13)4-9-3-10-11-4/h3H,1-2H2,(H,9,10,11). The molecule has 0 aliphatic carbocycles. The van der Waals surface area contributed by atoms with Crippen molar-refractivity contribution in [2.75, 3.05) is 13.1 Å². The lowest BCUT2D eigenvalue weighted by Gasteiger charge is -2.37. The maximum Gasteiger partial charge on any atom is 0.291 e. The molecule has 0 aromatic carbocycles. The Morgan fingerprint density at radius 1 is 1.62 bits per heavy atom. The molecule has 1 fully saturated rings. The molecular formula is C6H6F2N4O. The van der Waals surface area contributed by atoms with Gasteiger partial charge in [0, 0.05) is 0 Å². The van der Waals surface area contributed by atoms with Crippen molar-refractivity contribution in [1.29, 1.82) is 0 Å². The molecule has 1 amide bonds. The number of carbonyl (C=O) groups is 1. The molecule has 0 spiro atoms. The van der Waals surface area contributed by atoms with Crippen LogP contribution in [0.25, 0.3) is 0 Å². The van der Waals surface area contributed by atoms with Crippen LogP contribution in [-0.2, 0) is 0 Å². The summed E-state index contributed by atoms with van der Waals surface area (Å²) in [4.78, 5) is 15.8. The highest BCUT2D eigenvalue weighted by Crippen LogP contribution is 2.27. The van der Waals surface area contributed by atoms with Gasteiger partial charge in [-0.2, -0.15) is 5.10 Å². The van der Waals surface area contributed by atoms with E-state index < -0.39 is 24.9 Å². The third-order valence-electron chi connectivity index (χ3n) is 1.75. The molecule has 1 saturated heterocycles. The van der Waals surface area contributed by atoms with Gasteiger partial charge in [0.05, 0.1) is 13.1 Å². The Balaban J connectivity index is 2.02. The van der Waals surface area contributed by atoms with Crippen molar-refractivity contribution in [3.8, 4) is 0 Å². The summed E-state index contributed by atoms with van der Waals surface area (Å²) in [6.07, 6.45) is 1.16. The second kappa shape index (κ2) is 2.48. The van der Waals surface area contributed by atoms with Crippen molar-refractivity contribution >= 4 is 5.91 Å². The van der Waals surface area contributed by atoms with Gasteiger partial charge in [-0.3, -0.25) is 9.89 Å². The second-order valence-corrected chi connectivity index (χ2v) is 2.85. The predicted octanol–water partition coefficient (Wildman–Crippen LogP) is -0.104. The predicted molar refractivity (Wildman–Crippen MR) is 37.2 cm³/mol. The number of amides is 1. The van der Waals surface area contributed by atoms with Crippen molar-refractivity contribution in [2.24, 2.45) is 0 Å². The van der Waals surface area contributed by atoms with E-state index >= 15 is 0 Å². The van der Waals surface area contributed by atoms with Crippen molar-refractivity contribution in [3.63, 3.8) is 0 Å². The fourth-order valence-corrected chi connectivity index (χ4v) is 1.11. The minimum Gasteiger partial charge on any atom is -0.324 e. The van der Waals surface area contributed by atoms with Gasteiger partial charge in [0.15, 0.2) is 0 Å². The number of carbonyl (C=O) groups excluding carboxylic acids is 1. The summed E-state index contributed by atoms with van der Waals surface area (Å²) in [6.45, 7) is -1.07. The zero-order valence-electron chi connectivity index (χ0n) is 6.50. The smallest absolute Gasteiger partial charge is 0.291 e. The minimum absolute atomic E-state index is 0.00417. The van der Waals surface area contributed by atoms with Crippen molar-refractivity contribution in [3.05, 3.63) is 12.2 Å². The molecule has 1 aromatic heterocycles. The van der Waals surface area contributed by atoms with Crippen molar-refractivity contribution < 1.29 is 13.6 Å². The Hall–Kier alpha value is -1.53. The maximum absolute atomic E-state index is 12.4. The average molecular weight is 188 g/mol. The highest BCUT2D eigenvalue weighted by molar-refractivity contribution is 5.91. The summed E-state index contributed by atoms with van der Waals surface area (Å²) < 4.78 is 24.7. The molecular weight excluding hydrogens is 182 g/mol. The topological polar surface area (TPSA) is 61.9 Å². The van der Waals surface area contributed by atoms with Crippen LogP contribution in [0.1, 0.15) is 10.6 Å². The van der Waals surface area contributed by atoms with Gasteiger partial charge in [-0.1, -0.05) is 0 Å². The Morgan fingerprint density at radius 3 is 2.77 bits per heavy atom. The second-order valence-electron chi connectivity index (χ2n) is 2.85. The molecule has 0 unspecified atom stereocenters. The van der Waals surface area contributed by atoms with Gasteiger partial charge >= 0.3 is 0 Å². The van der Waals surface area contributed by atoms with Crippen LogP contribution in [0, 0.1) is 0 Å². The van der Waals surface area contributed by atoms with Gasteiger partial charge in [0.25, 0.3) is 11.8 Å². The average Bonchev–Trinajstić information content (AvgIpc) is 2.50. The van der Waals surface area contributed by atoms with Gasteiger partial charge in [-0.15, -0.1) is 0 Å². The van der Waals surface area contributed by atoms with E-state index in [0.717, 1.165) is 11.2 Å². The third kappa shape index (κ3) is 1.36. The van der Waals surface area contributed by atoms with E-state index in [-0.39, 0.29) is 5.82 Å². The summed E-state index contributed by atoms with van der Waals surface area (Å²) in [6, 6.07) is 0. The van der Waals surface area contributed by atoms with Crippen LogP contribution in [0.5, 0.6) is 0 Å². The van der Waals surface area contributed by atoms with Gasteiger partial charge in [0.2, 0.25) is 5.82 Å². The molecule has 1 aromatic rings. The molecule has 2 heterocycles. The zero-order chi connectivity index (χ0) is 9.47. The van der Waals surface area contributed by atoms with E-state index in [1.165, 1.54) is 0 Å². The number of likely N-dealkylation sites (tertiary alicyclic amines) is 1. The first-order valence-corrected chi connectivity index (χ1v) is 3.61. The Bertz CT molecular complexity index is 315. The van der Waals surface area contributed by atoms with Gasteiger partial charge in [0.1, 0.15) is 6.33 Å². The number of rotatable bonds is 1. The Kier molecular flexibility index (Phi) is 1.54. The number of alkyl halides is 2. The minimum atomic E-state index is -2.74. The number of aromatic amines is 1. The molecule has 0 atom stereocenters. The molecule has 0 bridgehead atoms. The number of nitrogens with one attached hydrogen (secondary N) is 1. The number of aromatic nitrogens is 3. The fraction of sp³-hybridized carbons (Fsp3) is 0.500. The summed E-state index contributed by atoms with van der Waals surface area (Å²) >= 11 is 0. The van der Waals surface area contributed by atoms with Crippen LogP contribution < -0.4 is 0 Å². The summed E-state index contributed by atoms with van der Waals surface area (Å²) in [7, 11) is 0. The van der Waals surface area contributed by atoms with Gasteiger partial charge < -0.3 is 4.90 Å². The number of halogens is 2. The van der Waals surface area contributed by atoms with Crippen molar-refractivity contribution in [1.82, 2.24) is 20.1 Å². The van der Waals surface area contributed by atoms with Crippen LogP contribution in [0.3, 0.4) is 0 Å². The first kappa shape index (κ1) is 8.09. The lowest BCUT2D eigenvalue weighted by atomic mass is 10.1. The zero-order valence-corrected chi connectivity index (χ0v) is 6.50. The highest BCUT2D eigenvalue weighted by atomic mass is 19.3. The lowest BCUT2D eigenvalue weighted by Crippen LogP contribution is -2.58. The van der Waals surface area contributed by atoms with E-state index in [0.29, 0.717) is 0 Å². The molecule has 1 aliphatic rings. The monoisotopic (exact) mass is 188 g/mol. The van der Waals surface area contributed by atoms with Crippen LogP contribution >= 0.6 is 0 Å². The Labute approximate surface area is 71.8 Å². The summed E-state index contributed by atoms with van der Waals surface area (Å²) in [5.74, 6) is -3.28. The normalized spacial score (nSPS) is 19.7. The molecule has 7 heteroatoms. The van der Waals surface area contributed by atoms with Crippen LogP contribution in [-0.4, -0.2) is 45.0 Å². The van der Waals surface area contributed by atoms with Gasteiger partial charge in [-0.05, 0) is 0 Å². The first-order chi connectivity index (χ1) is 6.08. The number of hydrogen-bond donors (Lipinski definition) is 1. The van der Waals surface area contributed by atoms with Crippen LogP contribution in [0.4, 0.5) is 8.78 Å². The molecule has 2 rings (SSSR count). The van der Waals surface area contributed by atoms with Crippen molar-refractivity contribution in [2.45, 2.75) is 5.92 Å². The highest BCUT2D eigenvalue weighted by Gasteiger charge is 2.46. The first-order valence-electron chi connectivity index (χ1n) is 3.61. The lowest BCUT2D eigenvalue weighted by molar-refractivity contribution is -0.113. The molecule has 13 heavy (non-hydrogen) atoms. The number of hydrogen-bond acceptors (Lipinski definition) is 3. The van der Waals surface area contributed by atoms with E-state index in [9.17, 15) is 13.6 Å². The molecule has 0 saturated carbocycles. The number of nitrogens with zero attached hydrogens (tertiary/aromatic N) is 3. The van der Waals surface area contributed by atoms with E-state index in [1.54, 1.807) is 0 Å². The van der Waals surface area contributed by atoms with E-state index in [4.69, 9.17) is 0 Å². The largest absolute Gasteiger partial charge is 0.324 e. The van der Waals surface area contributed by atoms with Crippen LogP contribution in [0.15, 0.2) is 6.33 Å². The number of H-pyrrole nitrogens is 1. The SMILES string of the molecule is O=C(c1ncn[nH]1)N1CC(F)(F)C1. The molecule has 70 valence electrons. The van der Waals surface area contributed by atoms with Crippen LogP contribution in [0.2, 0.25) is 0 Å². The summed E-state index contributed by atoms with van der Waals surface area (Å²) in [5.41, 5.74) is 0. The third-order valence-corrected chi connectivity index (χ3v) is 1.75. The molecule has 1 aliphatic heterocycles. The molecule has 5 nitrogen and oxygen atoms in total. The molecule has 1 N–H and O–H groups in total. The van der Waals surface area contributed by atoms with E-state index in [2.05, 4.69) is 15.2 Å². The van der Waals surface area contributed by atoms with Gasteiger partial charge in [-0.25, -0.2) is 13.8 Å². The summed E-state index contributed by atoms with van der Waals surface area (Å²) in [5, 5.41) is 5.77.